The zero-order valence-corrected chi connectivity index (χ0v) is 11.5. The predicted molar refractivity (Wildman–Crippen MR) is 75.1 cm³/mol. The van der Waals surface area contributed by atoms with E-state index in [1.54, 1.807) is 24.3 Å². The van der Waals surface area contributed by atoms with E-state index in [0.717, 1.165) is 25.7 Å². The number of benzene rings is 1. The van der Waals surface area contributed by atoms with Crippen molar-refractivity contribution in [2.75, 3.05) is 16.6 Å². The summed E-state index contributed by atoms with van der Waals surface area (Å²) in [6, 6.07) is 7.07. The van der Waals surface area contributed by atoms with Crippen molar-refractivity contribution in [2.45, 2.75) is 37.9 Å². The Bertz CT molecular complexity index is 507. The predicted octanol–water partition coefficient (Wildman–Crippen LogP) is 2.37. The Balaban J connectivity index is 2.33. The molecule has 1 aromatic rings. The Hall–Kier alpha value is -1.23. The first kappa shape index (κ1) is 13.2. The van der Waals surface area contributed by atoms with Gasteiger partial charge in [0.05, 0.1) is 10.9 Å². The fraction of sp³-hybridized carbons (Fsp3) is 0.538. The minimum Gasteiger partial charge on any atom is -0.399 e. The standard InChI is InChI=1S/C13H20N2O2S/c1-2-15(12-7-5-6-11(14)10-12)18(16,17)13-8-3-4-9-13/h5-7,10,13H,2-4,8-9,14H2,1H3. The van der Waals surface area contributed by atoms with Gasteiger partial charge >= 0.3 is 0 Å². The van der Waals surface area contributed by atoms with Crippen LogP contribution in [0.1, 0.15) is 32.6 Å². The molecule has 0 aromatic heterocycles. The van der Waals surface area contributed by atoms with Crippen LogP contribution >= 0.6 is 0 Å². The van der Waals surface area contributed by atoms with E-state index in [0.29, 0.717) is 17.9 Å². The van der Waals surface area contributed by atoms with Gasteiger partial charge in [-0.05, 0) is 38.0 Å². The van der Waals surface area contributed by atoms with E-state index in [1.165, 1.54) is 4.31 Å². The first-order chi connectivity index (χ1) is 8.55. The average Bonchev–Trinajstić information content (AvgIpc) is 2.83. The van der Waals surface area contributed by atoms with E-state index < -0.39 is 10.0 Å². The maximum atomic E-state index is 12.6. The molecule has 0 aliphatic heterocycles. The van der Waals surface area contributed by atoms with Crippen LogP contribution in [-0.2, 0) is 10.0 Å². The zero-order chi connectivity index (χ0) is 13.2. The van der Waals surface area contributed by atoms with E-state index in [4.69, 9.17) is 5.73 Å². The molecule has 2 rings (SSSR count). The summed E-state index contributed by atoms with van der Waals surface area (Å²) in [5, 5.41) is -0.223. The van der Waals surface area contributed by atoms with Crippen molar-refractivity contribution in [1.29, 1.82) is 0 Å². The molecule has 100 valence electrons. The van der Waals surface area contributed by atoms with Crippen LogP contribution in [0.2, 0.25) is 0 Å². The second-order valence-electron chi connectivity index (χ2n) is 4.71. The van der Waals surface area contributed by atoms with Crippen LogP contribution in [0.25, 0.3) is 0 Å². The van der Waals surface area contributed by atoms with Crippen LogP contribution in [0.15, 0.2) is 24.3 Å². The molecule has 0 amide bonds. The molecule has 0 bridgehead atoms. The molecule has 1 aliphatic rings. The van der Waals surface area contributed by atoms with Crippen LogP contribution < -0.4 is 10.0 Å². The number of hydrogen-bond donors (Lipinski definition) is 1. The molecule has 0 atom stereocenters. The molecular formula is C13H20N2O2S. The summed E-state index contributed by atoms with van der Waals surface area (Å²) in [7, 11) is -3.24. The van der Waals surface area contributed by atoms with Crippen molar-refractivity contribution < 1.29 is 8.42 Å². The minimum atomic E-state index is -3.24. The molecule has 1 aliphatic carbocycles. The van der Waals surface area contributed by atoms with E-state index in [-0.39, 0.29) is 5.25 Å². The van der Waals surface area contributed by atoms with Gasteiger partial charge in [-0.1, -0.05) is 18.9 Å². The lowest BCUT2D eigenvalue weighted by molar-refractivity contribution is 0.575. The second kappa shape index (κ2) is 5.18. The maximum Gasteiger partial charge on any atom is 0.238 e. The summed E-state index contributed by atoms with van der Waals surface area (Å²) in [5.41, 5.74) is 6.99. The number of nitrogen functional groups attached to an aromatic ring is 1. The van der Waals surface area contributed by atoms with Gasteiger partial charge < -0.3 is 5.73 Å². The Morgan fingerprint density at radius 2 is 2.00 bits per heavy atom. The molecular weight excluding hydrogens is 248 g/mol. The van der Waals surface area contributed by atoms with Crippen LogP contribution in [0.3, 0.4) is 0 Å². The number of anilines is 2. The fourth-order valence-electron chi connectivity index (χ4n) is 2.56. The molecule has 1 fully saturated rings. The Morgan fingerprint density at radius 3 is 2.56 bits per heavy atom. The van der Waals surface area contributed by atoms with E-state index >= 15 is 0 Å². The van der Waals surface area contributed by atoms with Crippen molar-refractivity contribution in [2.24, 2.45) is 0 Å². The molecule has 18 heavy (non-hydrogen) atoms. The molecule has 1 aromatic carbocycles. The minimum absolute atomic E-state index is 0.223. The molecule has 0 spiro atoms. The fourth-order valence-corrected chi connectivity index (χ4v) is 4.61. The first-order valence-electron chi connectivity index (χ1n) is 6.43. The first-order valence-corrected chi connectivity index (χ1v) is 7.93. The molecule has 5 heteroatoms. The summed E-state index contributed by atoms with van der Waals surface area (Å²) in [5.74, 6) is 0. The lowest BCUT2D eigenvalue weighted by Gasteiger charge is -2.26. The Labute approximate surface area is 109 Å². The maximum absolute atomic E-state index is 12.6. The van der Waals surface area contributed by atoms with E-state index in [2.05, 4.69) is 0 Å². The van der Waals surface area contributed by atoms with Crippen molar-refractivity contribution in [3.8, 4) is 0 Å². The number of hydrogen-bond acceptors (Lipinski definition) is 3. The summed E-state index contributed by atoms with van der Waals surface area (Å²) < 4.78 is 26.6. The highest BCUT2D eigenvalue weighted by Crippen LogP contribution is 2.30. The Kier molecular flexibility index (Phi) is 3.80. The van der Waals surface area contributed by atoms with Gasteiger partial charge in [-0.3, -0.25) is 4.31 Å². The van der Waals surface area contributed by atoms with Crippen LogP contribution in [0.4, 0.5) is 11.4 Å². The van der Waals surface area contributed by atoms with Gasteiger partial charge in [-0.2, -0.15) is 0 Å². The summed E-state index contributed by atoms with van der Waals surface area (Å²) in [4.78, 5) is 0. The smallest absolute Gasteiger partial charge is 0.238 e. The zero-order valence-electron chi connectivity index (χ0n) is 10.7. The molecule has 0 radical (unpaired) electrons. The van der Waals surface area contributed by atoms with E-state index in [9.17, 15) is 8.42 Å². The van der Waals surface area contributed by atoms with E-state index in [1.807, 2.05) is 6.92 Å². The van der Waals surface area contributed by atoms with Crippen LogP contribution in [-0.4, -0.2) is 20.2 Å². The third-order valence-electron chi connectivity index (χ3n) is 3.48. The summed E-state index contributed by atoms with van der Waals surface area (Å²) >= 11 is 0. The Morgan fingerprint density at radius 1 is 1.33 bits per heavy atom. The lowest BCUT2D eigenvalue weighted by atomic mass is 10.3. The van der Waals surface area contributed by atoms with Gasteiger partial charge in [0.1, 0.15) is 0 Å². The monoisotopic (exact) mass is 268 g/mol. The molecule has 0 heterocycles. The van der Waals surface area contributed by atoms with Crippen molar-refractivity contribution >= 4 is 21.4 Å². The summed E-state index contributed by atoms with van der Waals surface area (Å²) in [6.07, 6.45) is 3.58. The number of nitrogens with two attached hydrogens (primary N) is 1. The lowest BCUT2D eigenvalue weighted by Crippen LogP contribution is -2.37. The third kappa shape index (κ3) is 2.46. The molecule has 4 nitrogen and oxygen atoms in total. The number of nitrogens with zero attached hydrogens (tertiary/aromatic N) is 1. The van der Waals surface area contributed by atoms with Crippen LogP contribution in [0.5, 0.6) is 0 Å². The van der Waals surface area contributed by atoms with Crippen LogP contribution in [0, 0.1) is 0 Å². The van der Waals surface area contributed by atoms with Gasteiger partial charge in [-0.15, -0.1) is 0 Å². The third-order valence-corrected chi connectivity index (χ3v) is 5.87. The topological polar surface area (TPSA) is 63.4 Å². The highest BCUT2D eigenvalue weighted by molar-refractivity contribution is 7.93. The molecule has 1 saturated carbocycles. The van der Waals surface area contributed by atoms with Crippen molar-refractivity contribution in [1.82, 2.24) is 0 Å². The van der Waals surface area contributed by atoms with Gasteiger partial charge in [0.25, 0.3) is 0 Å². The van der Waals surface area contributed by atoms with Crippen molar-refractivity contribution in [3.63, 3.8) is 0 Å². The van der Waals surface area contributed by atoms with Gasteiger partial charge in [0, 0.05) is 12.2 Å². The average molecular weight is 268 g/mol. The highest BCUT2D eigenvalue weighted by atomic mass is 32.2. The SMILES string of the molecule is CCN(c1cccc(N)c1)S(=O)(=O)C1CCCC1. The van der Waals surface area contributed by atoms with Gasteiger partial charge in [0.2, 0.25) is 10.0 Å². The number of sulfonamides is 1. The molecule has 0 saturated heterocycles. The molecule has 0 unspecified atom stereocenters. The largest absolute Gasteiger partial charge is 0.399 e. The number of rotatable bonds is 4. The quantitative estimate of drug-likeness (QED) is 0.853. The highest BCUT2D eigenvalue weighted by Gasteiger charge is 2.33. The summed E-state index contributed by atoms with van der Waals surface area (Å²) in [6.45, 7) is 2.30. The van der Waals surface area contributed by atoms with Gasteiger partial charge in [0.15, 0.2) is 0 Å². The van der Waals surface area contributed by atoms with Crippen molar-refractivity contribution in [3.05, 3.63) is 24.3 Å². The second-order valence-corrected chi connectivity index (χ2v) is 6.85. The normalized spacial score (nSPS) is 16.9. The van der Waals surface area contributed by atoms with Gasteiger partial charge in [-0.25, -0.2) is 8.42 Å². The molecule has 2 N–H and O–H groups in total.